The summed E-state index contributed by atoms with van der Waals surface area (Å²) in [5.41, 5.74) is 1.14. The lowest BCUT2D eigenvalue weighted by atomic mass is 10.0. The Morgan fingerprint density at radius 3 is 2.63 bits per heavy atom. The van der Waals surface area contributed by atoms with Crippen LogP contribution < -0.4 is 18.9 Å². The molecule has 12 nitrogen and oxygen atoms in total. The number of aliphatic hydroxyl groups excluding tert-OH is 1. The average molecular weight is 616 g/mol. The monoisotopic (exact) mass is 615 g/mol. The Hall–Kier alpha value is -3.61. The Kier molecular flexibility index (Phi) is 9.58. The Morgan fingerprint density at radius 1 is 1.16 bits per heavy atom. The largest absolute Gasteiger partial charge is 0.487 e. The number of hydrogen-bond acceptors (Lipinski definition) is 11. The number of nitrogens with zero attached hydrogens (tertiary/aromatic N) is 5. The average Bonchev–Trinajstić information content (AvgIpc) is 2.98. The van der Waals surface area contributed by atoms with Crippen molar-refractivity contribution in [2.45, 2.75) is 57.9 Å². The summed E-state index contributed by atoms with van der Waals surface area (Å²) in [6, 6.07) is 5.20. The standard InChI is InChI=1S/C30H38ClN5O7/c1-30(2,3)43-29(38)36(16-19-13-24-25(14-32-19)41-12-11-40-24)20-7-9-35(10-8-20)17-21(37)18-42-28-22(31)5-6-23-27(28)34-26(39-4)15-33-23/h5-6,13-15,20-21,37H,7-12,16-18H2,1-4H3. The zero-order valence-electron chi connectivity index (χ0n) is 24.9. The third kappa shape index (κ3) is 7.87. The van der Waals surface area contributed by atoms with Gasteiger partial charge in [0.1, 0.15) is 37.0 Å². The summed E-state index contributed by atoms with van der Waals surface area (Å²) in [5.74, 6) is 1.92. The van der Waals surface area contributed by atoms with Gasteiger partial charge in [-0.2, -0.15) is 0 Å². The fourth-order valence-corrected chi connectivity index (χ4v) is 5.31. The smallest absolute Gasteiger partial charge is 0.410 e. The number of aromatic nitrogens is 3. The molecule has 1 fully saturated rings. The molecule has 3 aromatic rings. The minimum Gasteiger partial charge on any atom is -0.487 e. The fraction of sp³-hybridized carbons (Fsp3) is 0.533. The number of fused-ring (bicyclic) bond motifs is 2. The van der Waals surface area contributed by atoms with Crippen molar-refractivity contribution in [1.29, 1.82) is 0 Å². The molecular formula is C30H38ClN5O7. The number of methoxy groups -OCH3 is 1. The lowest BCUT2D eigenvalue weighted by Gasteiger charge is -2.39. The highest BCUT2D eigenvalue weighted by Crippen LogP contribution is 2.33. The van der Waals surface area contributed by atoms with Gasteiger partial charge in [0.25, 0.3) is 0 Å². The molecule has 1 aromatic carbocycles. The van der Waals surface area contributed by atoms with Crippen LogP contribution in [-0.4, -0.2) is 100 Å². The van der Waals surface area contributed by atoms with Gasteiger partial charge in [-0.1, -0.05) is 11.6 Å². The van der Waals surface area contributed by atoms with Crippen molar-refractivity contribution in [3.05, 3.63) is 41.3 Å². The number of carbonyl (C=O) groups excluding carboxylic acids is 1. The molecular weight excluding hydrogens is 578 g/mol. The first-order valence-electron chi connectivity index (χ1n) is 14.4. The van der Waals surface area contributed by atoms with Crippen molar-refractivity contribution in [3.8, 4) is 23.1 Å². The Balaban J connectivity index is 1.19. The van der Waals surface area contributed by atoms with E-state index in [1.807, 2.05) is 26.8 Å². The summed E-state index contributed by atoms with van der Waals surface area (Å²) >= 11 is 6.39. The molecule has 2 aliphatic heterocycles. The first kappa shape index (κ1) is 30.8. The highest BCUT2D eigenvalue weighted by molar-refractivity contribution is 6.33. The van der Waals surface area contributed by atoms with E-state index in [9.17, 15) is 9.90 Å². The van der Waals surface area contributed by atoms with Gasteiger partial charge in [0.15, 0.2) is 17.2 Å². The van der Waals surface area contributed by atoms with Crippen molar-refractivity contribution in [3.63, 3.8) is 0 Å². The quantitative estimate of drug-likeness (QED) is 0.373. The van der Waals surface area contributed by atoms with Crippen molar-refractivity contribution in [2.24, 2.45) is 0 Å². The van der Waals surface area contributed by atoms with Gasteiger partial charge in [-0.15, -0.1) is 0 Å². The van der Waals surface area contributed by atoms with Crippen molar-refractivity contribution in [2.75, 3.05) is 46.6 Å². The summed E-state index contributed by atoms with van der Waals surface area (Å²) in [7, 11) is 1.51. The molecule has 1 N–H and O–H groups in total. The summed E-state index contributed by atoms with van der Waals surface area (Å²) in [6.07, 6.45) is 3.42. The highest BCUT2D eigenvalue weighted by Gasteiger charge is 2.32. The van der Waals surface area contributed by atoms with E-state index >= 15 is 0 Å². The van der Waals surface area contributed by atoms with E-state index in [0.29, 0.717) is 90.6 Å². The maximum absolute atomic E-state index is 13.3. The molecule has 1 saturated heterocycles. The molecule has 13 heteroatoms. The number of aliphatic hydroxyl groups is 1. The minimum atomic E-state index is -0.773. The van der Waals surface area contributed by atoms with Crippen LogP contribution in [0.5, 0.6) is 23.1 Å². The number of carbonyl (C=O) groups is 1. The van der Waals surface area contributed by atoms with Crippen molar-refractivity contribution >= 4 is 28.7 Å². The SMILES string of the molecule is COc1cnc2ccc(Cl)c(OCC(O)CN3CCC(N(Cc4cc5c(cn4)OCCO5)C(=O)OC(C)(C)C)CC3)c2n1. The topological polar surface area (TPSA) is 129 Å². The van der Waals surface area contributed by atoms with Crippen LogP contribution in [-0.2, 0) is 11.3 Å². The Bertz CT molecular complexity index is 1430. The van der Waals surface area contributed by atoms with Gasteiger partial charge in [-0.3, -0.25) is 9.88 Å². The Morgan fingerprint density at radius 2 is 1.91 bits per heavy atom. The van der Waals surface area contributed by atoms with E-state index in [1.54, 1.807) is 23.2 Å². The maximum atomic E-state index is 13.3. The molecule has 0 spiro atoms. The first-order valence-corrected chi connectivity index (χ1v) is 14.7. The first-order chi connectivity index (χ1) is 20.6. The van der Waals surface area contributed by atoms with Crippen LogP contribution in [0.15, 0.2) is 30.6 Å². The summed E-state index contributed by atoms with van der Waals surface area (Å²) < 4.78 is 28.2. The Labute approximate surface area is 255 Å². The molecule has 232 valence electrons. The van der Waals surface area contributed by atoms with Crippen molar-refractivity contribution in [1.82, 2.24) is 24.8 Å². The molecule has 43 heavy (non-hydrogen) atoms. The predicted octanol–water partition coefficient (Wildman–Crippen LogP) is 4.10. The van der Waals surface area contributed by atoms with Crippen LogP contribution in [0, 0.1) is 0 Å². The summed E-state index contributed by atoms with van der Waals surface area (Å²) in [5, 5.41) is 11.2. The van der Waals surface area contributed by atoms with Crippen LogP contribution >= 0.6 is 11.6 Å². The van der Waals surface area contributed by atoms with Gasteiger partial charge in [0, 0.05) is 31.7 Å². The van der Waals surface area contributed by atoms with E-state index in [-0.39, 0.29) is 25.3 Å². The molecule has 2 aromatic heterocycles. The number of β-amino-alcohol motifs (C(OH)–C–C–N with tert-alkyl or cyclic N) is 1. The highest BCUT2D eigenvalue weighted by atomic mass is 35.5. The molecule has 0 saturated carbocycles. The van der Waals surface area contributed by atoms with Crippen LogP contribution in [0.4, 0.5) is 4.79 Å². The molecule has 5 rings (SSSR count). The number of piperidine rings is 1. The third-order valence-corrected chi connectivity index (χ3v) is 7.44. The van der Waals surface area contributed by atoms with E-state index < -0.39 is 11.7 Å². The van der Waals surface area contributed by atoms with Crippen LogP contribution in [0.1, 0.15) is 39.3 Å². The molecule has 1 unspecified atom stereocenters. The van der Waals surface area contributed by atoms with E-state index in [2.05, 4.69) is 19.9 Å². The van der Waals surface area contributed by atoms with Crippen LogP contribution in [0.2, 0.25) is 5.02 Å². The summed E-state index contributed by atoms with van der Waals surface area (Å²) in [4.78, 5) is 30.5. The molecule has 2 aliphatic rings. The second kappa shape index (κ2) is 13.4. The molecule has 4 heterocycles. The second-order valence-electron chi connectivity index (χ2n) is 11.6. The normalized spacial score (nSPS) is 16.5. The number of hydrogen-bond donors (Lipinski definition) is 1. The lowest BCUT2D eigenvalue weighted by Crippen LogP contribution is -2.50. The maximum Gasteiger partial charge on any atom is 0.410 e. The van der Waals surface area contributed by atoms with E-state index in [1.165, 1.54) is 13.3 Å². The van der Waals surface area contributed by atoms with E-state index in [4.69, 9.17) is 35.3 Å². The number of ether oxygens (including phenoxy) is 5. The molecule has 0 aliphatic carbocycles. The van der Waals surface area contributed by atoms with Gasteiger partial charge in [0.2, 0.25) is 5.88 Å². The summed E-state index contributed by atoms with van der Waals surface area (Å²) in [6.45, 7) is 8.60. The molecule has 1 atom stereocenters. The number of pyridine rings is 1. The van der Waals surface area contributed by atoms with Gasteiger partial charge >= 0.3 is 6.09 Å². The molecule has 0 bridgehead atoms. The predicted molar refractivity (Wildman–Crippen MR) is 159 cm³/mol. The van der Waals surface area contributed by atoms with Crippen molar-refractivity contribution < 1.29 is 33.6 Å². The van der Waals surface area contributed by atoms with Gasteiger partial charge in [-0.05, 0) is 45.7 Å². The molecule has 1 amide bonds. The zero-order chi connectivity index (χ0) is 30.6. The number of likely N-dealkylation sites (tertiary alicyclic amines) is 1. The van der Waals surface area contributed by atoms with Crippen LogP contribution in [0.25, 0.3) is 11.0 Å². The molecule has 0 radical (unpaired) electrons. The van der Waals surface area contributed by atoms with Crippen LogP contribution in [0.3, 0.4) is 0 Å². The zero-order valence-corrected chi connectivity index (χ0v) is 25.7. The number of rotatable bonds is 9. The number of halogens is 1. The van der Waals surface area contributed by atoms with Gasteiger partial charge in [0.05, 0.1) is 42.3 Å². The number of benzene rings is 1. The van der Waals surface area contributed by atoms with E-state index in [0.717, 1.165) is 0 Å². The fourth-order valence-electron chi connectivity index (χ4n) is 5.11. The second-order valence-corrected chi connectivity index (χ2v) is 12.0. The van der Waals surface area contributed by atoms with Gasteiger partial charge in [-0.25, -0.2) is 14.8 Å². The lowest BCUT2D eigenvalue weighted by molar-refractivity contribution is 0.00101. The number of amides is 1. The minimum absolute atomic E-state index is 0.0253. The third-order valence-electron chi connectivity index (χ3n) is 7.14. The van der Waals surface area contributed by atoms with Gasteiger partial charge < -0.3 is 33.7 Å².